The first kappa shape index (κ1) is 17.4. The number of rotatable bonds is 6. The molecule has 1 amide bonds. The fourth-order valence-corrected chi connectivity index (χ4v) is 1.95. The minimum Gasteiger partial charge on any atom is -0.464 e. The van der Waals surface area contributed by atoms with Crippen molar-refractivity contribution in [3.05, 3.63) is 42.0 Å². The van der Waals surface area contributed by atoms with E-state index in [-0.39, 0.29) is 23.9 Å². The molecule has 0 spiro atoms. The molecule has 2 aromatic rings. The monoisotopic (exact) mass is 339 g/mol. The van der Waals surface area contributed by atoms with Gasteiger partial charge in [-0.25, -0.2) is 9.78 Å². The van der Waals surface area contributed by atoms with Crippen molar-refractivity contribution in [1.29, 1.82) is 0 Å². The van der Waals surface area contributed by atoms with Gasteiger partial charge in [-0.1, -0.05) is 0 Å². The topological polar surface area (TPSA) is 82.5 Å². The molecule has 128 valence electrons. The Morgan fingerprint density at radius 1 is 1.29 bits per heavy atom. The fourth-order valence-electron chi connectivity index (χ4n) is 1.95. The van der Waals surface area contributed by atoms with Crippen molar-refractivity contribution >= 4 is 17.6 Å². The van der Waals surface area contributed by atoms with Crippen molar-refractivity contribution in [2.75, 3.05) is 12.4 Å². The summed E-state index contributed by atoms with van der Waals surface area (Å²) in [6, 6.07) is 5.52. The number of imidazole rings is 1. The second-order valence-corrected chi connectivity index (χ2v) is 4.74. The number of halogens is 2. The lowest BCUT2D eigenvalue weighted by molar-refractivity contribution is -0.116. The Labute approximate surface area is 136 Å². The van der Waals surface area contributed by atoms with E-state index in [0.717, 1.165) is 0 Å². The number of carbonyl (C=O) groups is 2. The second-order valence-electron chi connectivity index (χ2n) is 4.74. The predicted octanol–water partition coefficient (Wildman–Crippen LogP) is 2.22. The number of aryl methyl sites for hydroxylation is 1. The molecule has 0 fully saturated rings. The van der Waals surface area contributed by atoms with Crippen molar-refractivity contribution in [1.82, 2.24) is 9.55 Å². The molecular weight excluding hydrogens is 324 g/mol. The summed E-state index contributed by atoms with van der Waals surface area (Å²) in [7, 11) is 1.24. The molecular formula is C15H15F2N3O4. The zero-order chi connectivity index (χ0) is 17.7. The first-order valence-corrected chi connectivity index (χ1v) is 6.86. The minimum atomic E-state index is -2.90. The van der Waals surface area contributed by atoms with Crippen molar-refractivity contribution in [2.24, 2.45) is 0 Å². The summed E-state index contributed by atoms with van der Waals surface area (Å²) in [5.41, 5.74) is 0.531. The van der Waals surface area contributed by atoms with E-state index in [0.29, 0.717) is 11.5 Å². The molecule has 7 nitrogen and oxygen atoms in total. The van der Waals surface area contributed by atoms with Gasteiger partial charge in [-0.3, -0.25) is 4.79 Å². The van der Waals surface area contributed by atoms with E-state index in [4.69, 9.17) is 0 Å². The number of carbonyl (C=O) groups excluding carboxylic acids is 2. The third-order valence-electron chi connectivity index (χ3n) is 3.05. The molecule has 1 heterocycles. The van der Waals surface area contributed by atoms with Gasteiger partial charge in [-0.2, -0.15) is 8.78 Å². The number of hydrogen-bond acceptors (Lipinski definition) is 5. The van der Waals surface area contributed by atoms with Crippen LogP contribution in [0, 0.1) is 6.92 Å². The highest BCUT2D eigenvalue weighted by molar-refractivity contribution is 5.91. The minimum absolute atomic E-state index is 0.00354. The summed E-state index contributed by atoms with van der Waals surface area (Å²) in [5.74, 6) is -0.483. The van der Waals surface area contributed by atoms with Crippen molar-refractivity contribution in [2.45, 2.75) is 20.1 Å². The van der Waals surface area contributed by atoms with Gasteiger partial charge in [-0.05, 0) is 31.2 Å². The number of esters is 1. The van der Waals surface area contributed by atoms with E-state index in [9.17, 15) is 18.4 Å². The summed E-state index contributed by atoms with van der Waals surface area (Å²) in [6.07, 6.45) is 1.42. The van der Waals surface area contributed by atoms with Crippen LogP contribution in [-0.2, 0) is 16.1 Å². The molecule has 1 N–H and O–H groups in total. The lowest BCUT2D eigenvalue weighted by Gasteiger charge is -2.08. The number of ether oxygens (including phenoxy) is 2. The molecule has 9 heteroatoms. The Bertz CT molecular complexity index is 729. The number of alkyl halides is 2. The highest BCUT2D eigenvalue weighted by Gasteiger charge is 2.14. The van der Waals surface area contributed by atoms with Crippen LogP contribution in [0.5, 0.6) is 5.75 Å². The van der Waals surface area contributed by atoms with E-state index in [2.05, 4.69) is 19.8 Å². The Balaban J connectivity index is 1.98. The highest BCUT2D eigenvalue weighted by atomic mass is 19.3. The van der Waals surface area contributed by atoms with Crippen molar-refractivity contribution in [3.63, 3.8) is 0 Å². The average Bonchev–Trinajstić information content (AvgIpc) is 2.89. The van der Waals surface area contributed by atoms with Gasteiger partial charge in [-0.15, -0.1) is 0 Å². The van der Waals surface area contributed by atoms with Gasteiger partial charge in [0.25, 0.3) is 0 Å². The van der Waals surface area contributed by atoms with E-state index in [1.54, 1.807) is 6.92 Å². The second kappa shape index (κ2) is 7.53. The summed E-state index contributed by atoms with van der Waals surface area (Å²) in [6.45, 7) is -1.32. The molecule has 0 radical (unpaired) electrons. The van der Waals surface area contributed by atoms with Gasteiger partial charge in [0.05, 0.1) is 7.11 Å². The molecule has 24 heavy (non-hydrogen) atoms. The van der Waals surface area contributed by atoms with Crippen LogP contribution in [0.3, 0.4) is 0 Å². The Hall–Kier alpha value is -2.97. The molecule has 0 aliphatic heterocycles. The van der Waals surface area contributed by atoms with Gasteiger partial charge in [0.2, 0.25) is 5.91 Å². The number of benzene rings is 1. The summed E-state index contributed by atoms with van der Waals surface area (Å²) < 4.78 is 34.4. The molecule has 0 saturated heterocycles. The molecule has 0 atom stereocenters. The summed E-state index contributed by atoms with van der Waals surface area (Å²) in [5, 5.41) is 2.60. The fraction of sp³-hybridized carbons (Fsp3) is 0.267. The van der Waals surface area contributed by atoms with Gasteiger partial charge < -0.3 is 19.4 Å². The van der Waals surface area contributed by atoms with Crippen LogP contribution < -0.4 is 10.1 Å². The van der Waals surface area contributed by atoms with Gasteiger partial charge in [0, 0.05) is 11.9 Å². The number of hydrogen-bond donors (Lipinski definition) is 1. The number of nitrogens with zero attached hydrogens (tertiary/aromatic N) is 2. The molecule has 0 saturated carbocycles. The van der Waals surface area contributed by atoms with E-state index in [1.165, 1.54) is 42.1 Å². The molecule has 0 unspecified atom stereocenters. The Morgan fingerprint density at radius 3 is 2.54 bits per heavy atom. The molecule has 1 aromatic heterocycles. The SMILES string of the molecule is COC(=O)c1cn(CC(=O)Nc2ccc(OC(F)F)cc2)c(C)n1. The van der Waals surface area contributed by atoms with Gasteiger partial charge >= 0.3 is 12.6 Å². The molecule has 0 aliphatic rings. The van der Waals surface area contributed by atoms with Crippen molar-refractivity contribution < 1.29 is 27.8 Å². The highest BCUT2D eigenvalue weighted by Crippen LogP contribution is 2.17. The summed E-state index contributed by atoms with van der Waals surface area (Å²) >= 11 is 0. The molecule has 1 aromatic carbocycles. The maximum Gasteiger partial charge on any atom is 0.387 e. The largest absolute Gasteiger partial charge is 0.464 e. The van der Waals surface area contributed by atoms with Crippen LogP contribution in [-0.4, -0.2) is 35.1 Å². The number of methoxy groups -OCH3 is 1. The van der Waals surface area contributed by atoms with Crippen LogP contribution in [0.25, 0.3) is 0 Å². The van der Waals surface area contributed by atoms with Gasteiger partial charge in [0.15, 0.2) is 5.69 Å². The van der Waals surface area contributed by atoms with E-state index in [1.807, 2.05) is 0 Å². The van der Waals surface area contributed by atoms with Gasteiger partial charge in [0.1, 0.15) is 18.1 Å². The van der Waals surface area contributed by atoms with Crippen LogP contribution in [0.15, 0.2) is 30.5 Å². The zero-order valence-electron chi connectivity index (χ0n) is 13.0. The number of nitrogens with one attached hydrogen (secondary N) is 1. The third-order valence-corrected chi connectivity index (χ3v) is 3.05. The Morgan fingerprint density at radius 2 is 1.96 bits per heavy atom. The first-order valence-electron chi connectivity index (χ1n) is 6.86. The number of amides is 1. The van der Waals surface area contributed by atoms with E-state index < -0.39 is 12.6 Å². The van der Waals surface area contributed by atoms with Crippen LogP contribution in [0.2, 0.25) is 0 Å². The lowest BCUT2D eigenvalue weighted by atomic mass is 10.3. The normalized spacial score (nSPS) is 10.5. The number of aromatic nitrogens is 2. The van der Waals surface area contributed by atoms with E-state index >= 15 is 0 Å². The third kappa shape index (κ3) is 4.51. The average molecular weight is 339 g/mol. The number of anilines is 1. The predicted molar refractivity (Wildman–Crippen MR) is 80.0 cm³/mol. The standard InChI is InChI=1S/C15H15F2N3O4/c1-9-18-12(14(22)23-2)7-20(9)8-13(21)19-10-3-5-11(6-4-10)24-15(16)17/h3-7,15H,8H2,1-2H3,(H,19,21). The quantitative estimate of drug-likeness (QED) is 0.816. The lowest BCUT2D eigenvalue weighted by Crippen LogP contribution is -2.19. The summed E-state index contributed by atoms with van der Waals surface area (Å²) in [4.78, 5) is 27.4. The molecule has 2 rings (SSSR count). The maximum atomic E-state index is 12.1. The maximum absolute atomic E-state index is 12.1. The van der Waals surface area contributed by atoms with Crippen LogP contribution in [0.1, 0.15) is 16.3 Å². The smallest absolute Gasteiger partial charge is 0.387 e. The molecule has 0 aliphatic carbocycles. The van der Waals surface area contributed by atoms with Crippen molar-refractivity contribution in [3.8, 4) is 5.75 Å². The zero-order valence-corrected chi connectivity index (χ0v) is 13.0. The van der Waals surface area contributed by atoms with Crippen LogP contribution >= 0.6 is 0 Å². The molecule has 0 bridgehead atoms. The van der Waals surface area contributed by atoms with Crippen LogP contribution in [0.4, 0.5) is 14.5 Å². The first-order chi connectivity index (χ1) is 11.4. The Kier molecular flexibility index (Phi) is 5.46.